The van der Waals surface area contributed by atoms with Crippen molar-refractivity contribution in [3.63, 3.8) is 0 Å². The van der Waals surface area contributed by atoms with Gasteiger partial charge in [-0.15, -0.1) is 0 Å². The fraction of sp³-hybridized carbons (Fsp3) is 0.143. The standard InChI is InChI=1S/C21H18FN3O2/c1-14-9-10-19(21(23-14)27-18-8-4-7-17(22)11-18)20(24-26)25-12-15-5-2-3-6-16(15)13-25/h2-11,26H,12-13H2,1H3/b24-20-. The number of halogens is 1. The summed E-state index contributed by atoms with van der Waals surface area (Å²) in [7, 11) is 0. The van der Waals surface area contributed by atoms with Gasteiger partial charge in [-0.05, 0) is 42.3 Å². The van der Waals surface area contributed by atoms with Crippen LogP contribution in [0.2, 0.25) is 0 Å². The van der Waals surface area contributed by atoms with Gasteiger partial charge in [-0.3, -0.25) is 0 Å². The third-order valence-electron chi connectivity index (χ3n) is 4.49. The SMILES string of the molecule is Cc1ccc(/C(=N/O)N2Cc3ccccc3C2)c(Oc2cccc(F)c2)n1. The summed E-state index contributed by atoms with van der Waals surface area (Å²) in [6, 6.07) is 17.6. The number of aryl methyl sites for hydroxylation is 1. The molecule has 1 aliphatic heterocycles. The Labute approximate surface area is 156 Å². The van der Waals surface area contributed by atoms with E-state index in [1.54, 1.807) is 18.2 Å². The van der Waals surface area contributed by atoms with E-state index in [2.05, 4.69) is 22.3 Å². The second kappa shape index (κ2) is 7.07. The van der Waals surface area contributed by atoms with Crippen molar-refractivity contribution in [2.24, 2.45) is 5.16 Å². The molecule has 0 atom stereocenters. The van der Waals surface area contributed by atoms with E-state index in [0.29, 0.717) is 30.2 Å². The number of pyridine rings is 1. The zero-order valence-corrected chi connectivity index (χ0v) is 14.8. The van der Waals surface area contributed by atoms with E-state index < -0.39 is 5.82 Å². The molecule has 0 amide bonds. The van der Waals surface area contributed by atoms with E-state index in [-0.39, 0.29) is 5.88 Å². The number of hydrogen-bond acceptors (Lipinski definition) is 4. The van der Waals surface area contributed by atoms with Gasteiger partial charge in [-0.25, -0.2) is 9.37 Å². The second-order valence-corrected chi connectivity index (χ2v) is 6.41. The van der Waals surface area contributed by atoms with E-state index >= 15 is 0 Å². The topological polar surface area (TPSA) is 58.0 Å². The van der Waals surface area contributed by atoms with Gasteiger partial charge in [0.05, 0.1) is 5.56 Å². The monoisotopic (exact) mass is 363 g/mol. The van der Waals surface area contributed by atoms with Gasteiger partial charge in [0.1, 0.15) is 11.6 Å². The highest BCUT2D eigenvalue weighted by Gasteiger charge is 2.26. The summed E-state index contributed by atoms with van der Waals surface area (Å²) in [5.74, 6) is 0.568. The average molecular weight is 363 g/mol. The molecule has 0 radical (unpaired) electrons. The highest BCUT2D eigenvalue weighted by Crippen LogP contribution is 2.29. The van der Waals surface area contributed by atoms with Gasteiger partial charge in [-0.2, -0.15) is 0 Å². The lowest BCUT2D eigenvalue weighted by atomic mass is 10.1. The molecule has 5 nitrogen and oxygen atoms in total. The molecule has 2 heterocycles. The summed E-state index contributed by atoms with van der Waals surface area (Å²) in [4.78, 5) is 6.38. The van der Waals surface area contributed by atoms with Crippen LogP contribution in [0.4, 0.5) is 4.39 Å². The van der Waals surface area contributed by atoms with Crippen LogP contribution in [-0.4, -0.2) is 20.9 Å². The molecule has 4 rings (SSSR count). The lowest BCUT2D eigenvalue weighted by Crippen LogP contribution is -2.27. The predicted molar refractivity (Wildman–Crippen MR) is 99.5 cm³/mol. The maximum Gasteiger partial charge on any atom is 0.230 e. The molecule has 1 aromatic heterocycles. The Balaban J connectivity index is 1.68. The summed E-state index contributed by atoms with van der Waals surface area (Å²) in [5, 5.41) is 13.2. The minimum Gasteiger partial charge on any atom is -0.438 e. The van der Waals surface area contributed by atoms with E-state index in [1.807, 2.05) is 30.0 Å². The maximum absolute atomic E-state index is 13.5. The van der Waals surface area contributed by atoms with Crippen LogP contribution in [0.25, 0.3) is 0 Å². The summed E-state index contributed by atoms with van der Waals surface area (Å²) in [6.45, 7) is 3.09. The van der Waals surface area contributed by atoms with Gasteiger partial charge in [0.25, 0.3) is 0 Å². The fourth-order valence-electron chi connectivity index (χ4n) is 3.19. The Hall–Kier alpha value is -3.41. The van der Waals surface area contributed by atoms with Crippen molar-refractivity contribution in [3.05, 3.63) is 88.9 Å². The number of oxime groups is 1. The molecule has 3 aromatic rings. The zero-order chi connectivity index (χ0) is 18.8. The van der Waals surface area contributed by atoms with Crippen LogP contribution >= 0.6 is 0 Å². The number of fused-ring (bicyclic) bond motifs is 1. The highest BCUT2D eigenvalue weighted by atomic mass is 19.1. The first kappa shape index (κ1) is 17.0. The largest absolute Gasteiger partial charge is 0.438 e. The first-order valence-electron chi connectivity index (χ1n) is 8.59. The lowest BCUT2D eigenvalue weighted by molar-refractivity contribution is 0.301. The third kappa shape index (κ3) is 3.46. The molecule has 0 saturated carbocycles. The normalized spacial score (nSPS) is 13.6. The molecule has 1 aliphatic rings. The second-order valence-electron chi connectivity index (χ2n) is 6.41. The Morgan fingerprint density at radius 3 is 2.48 bits per heavy atom. The van der Waals surface area contributed by atoms with E-state index in [9.17, 15) is 9.60 Å². The van der Waals surface area contributed by atoms with Crippen LogP contribution in [0.15, 0.2) is 65.8 Å². The molecular weight excluding hydrogens is 345 g/mol. The molecule has 0 bridgehead atoms. The Kier molecular flexibility index (Phi) is 4.46. The molecular formula is C21H18FN3O2. The molecule has 1 N–H and O–H groups in total. The van der Waals surface area contributed by atoms with Gasteiger partial charge in [0.2, 0.25) is 5.88 Å². The van der Waals surface area contributed by atoms with Gasteiger partial charge < -0.3 is 14.8 Å². The van der Waals surface area contributed by atoms with Crippen molar-refractivity contribution in [1.82, 2.24) is 9.88 Å². The first-order chi connectivity index (χ1) is 13.1. The summed E-state index contributed by atoms with van der Waals surface area (Å²) in [6.07, 6.45) is 0. The number of benzene rings is 2. The summed E-state index contributed by atoms with van der Waals surface area (Å²) in [5.41, 5.74) is 3.66. The Morgan fingerprint density at radius 1 is 1.07 bits per heavy atom. The van der Waals surface area contributed by atoms with Crippen LogP contribution in [0.3, 0.4) is 0 Å². The molecule has 6 heteroatoms. The summed E-state index contributed by atoms with van der Waals surface area (Å²) < 4.78 is 19.3. The lowest BCUT2D eigenvalue weighted by Gasteiger charge is -2.20. The van der Waals surface area contributed by atoms with Crippen molar-refractivity contribution in [1.29, 1.82) is 0 Å². The van der Waals surface area contributed by atoms with Gasteiger partial charge >= 0.3 is 0 Å². The number of ether oxygens (including phenoxy) is 1. The number of rotatable bonds is 3. The molecule has 0 fully saturated rings. The minimum absolute atomic E-state index is 0.268. The van der Waals surface area contributed by atoms with Crippen LogP contribution < -0.4 is 4.74 Å². The van der Waals surface area contributed by atoms with E-state index in [1.165, 1.54) is 23.3 Å². The molecule has 2 aromatic carbocycles. The van der Waals surface area contributed by atoms with Crippen molar-refractivity contribution in [2.45, 2.75) is 20.0 Å². The molecule has 0 aliphatic carbocycles. The quantitative estimate of drug-likeness (QED) is 0.323. The van der Waals surface area contributed by atoms with Crippen molar-refractivity contribution in [2.75, 3.05) is 0 Å². The Bertz CT molecular complexity index is 995. The zero-order valence-electron chi connectivity index (χ0n) is 14.8. The molecule has 27 heavy (non-hydrogen) atoms. The van der Waals surface area contributed by atoms with E-state index in [0.717, 1.165) is 5.69 Å². The van der Waals surface area contributed by atoms with Crippen molar-refractivity contribution < 1.29 is 14.3 Å². The predicted octanol–water partition coefficient (Wildman–Crippen LogP) is 4.47. The van der Waals surface area contributed by atoms with Crippen LogP contribution in [0, 0.1) is 12.7 Å². The van der Waals surface area contributed by atoms with Gasteiger partial charge in [0, 0.05) is 24.8 Å². The molecule has 136 valence electrons. The number of nitrogens with zero attached hydrogens (tertiary/aromatic N) is 3. The van der Waals surface area contributed by atoms with E-state index in [4.69, 9.17) is 4.74 Å². The molecule has 0 spiro atoms. The van der Waals surface area contributed by atoms with Crippen molar-refractivity contribution in [3.8, 4) is 11.6 Å². The van der Waals surface area contributed by atoms with Crippen LogP contribution in [-0.2, 0) is 13.1 Å². The van der Waals surface area contributed by atoms with Crippen LogP contribution in [0.1, 0.15) is 22.4 Å². The number of aromatic nitrogens is 1. The van der Waals surface area contributed by atoms with Crippen molar-refractivity contribution >= 4 is 5.84 Å². The average Bonchev–Trinajstić information content (AvgIpc) is 3.08. The number of hydrogen-bond donors (Lipinski definition) is 1. The van der Waals surface area contributed by atoms with Gasteiger partial charge in [-0.1, -0.05) is 35.5 Å². The first-order valence-corrected chi connectivity index (χ1v) is 8.59. The third-order valence-corrected chi connectivity index (χ3v) is 4.49. The maximum atomic E-state index is 13.5. The smallest absolute Gasteiger partial charge is 0.230 e. The Morgan fingerprint density at radius 2 is 1.81 bits per heavy atom. The molecule has 0 unspecified atom stereocenters. The minimum atomic E-state index is -0.396. The van der Waals surface area contributed by atoms with Gasteiger partial charge in [0.15, 0.2) is 5.84 Å². The van der Waals surface area contributed by atoms with Crippen LogP contribution in [0.5, 0.6) is 11.6 Å². The fourth-order valence-corrected chi connectivity index (χ4v) is 3.19. The number of amidine groups is 1. The highest BCUT2D eigenvalue weighted by molar-refractivity contribution is 6.00. The molecule has 0 saturated heterocycles. The summed E-state index contributed by atoms with van der Waals surface area (Å²) >= 11 is 0.